The Hall–Kier alpha value is -0.120. The monoisotopic (exact) mass is 158 g/mol. The average Bonchev–Trinajstić information content (AvgIpc) is 2.15. The summed E-state index contributed by atoms with van der Waals surface area (Å²) in [6, 6.07) is 0. The molecule has 1 aliphatic heterocycles. The lowest BCUT2D eigenvalue weighted by atomic mass is 10.2. The number of ether oxygens (including phenoxy) is 1. The predicted molar refractivity (Wildman–Crippen MR) is 45.5 cm³/mol. The van der Waals surface area contributed by atoms with Gasteiger partial charge in [-0.2, -0.15) is 0 Å². The van der Waals surface area contributed by atoms with Crippen molar-refractivity contribution in [2.45, 2.75) is 6.92 Å². The van der Waals surface area contributed by atoms with Gasteiger partial charge in [0.25, 0.3) is 0 Å². The van der Waals surface area contributed by atoms with Gasteiger partial charge in [0.2, 0.25) is 0 Å². The minimum absolute atomic E-state index is 0.657. The lowest BCUT2D eigenvalue weighted by Crippen LogP contribution is -2.33. The Morgan fingerprint density at radius 1 is 1.64 bits per heavy atom. The van der Waals surface area contributed by atoms with E-state index in [4.69, 9.17) is 10.5 Å². The summed E-state index contributed by atoms with van der Waals surface area (Å²) in [7, 11) is 0. The van der Waals surface area contributed by atoms with Crippen LogP contribution in [0.5, 0.6) is 0 Å². The Bertz CT molecular complexity index is 108. The Labute approximate surface area is 68.5 Å². The van der Waals surface area contributed by atoms with Crippen LogP contribution in [-0.4, -0.2) is 44.3 Å². The molecule has 1 fully saturated rings. The van der Waals surface area contributed by atoms with Crippen molar-refractivity contribution in [3.63, 3.8) is 0 Å². The predicted octanol–water partition coefficient (Wildman–Crippen LogP) is -0.0866. The molecule has 3 heteroatoms. The molecule has 1 saturated heterocycles. The molecule has 1 heterocycles. The Kier molecular flexibility index (Phi) is 3.83. The first-order valence-corrected chi connectivity index (χ1v) is 4.33. The second kappa shape index (κ2) is 4.70. The van der Waals surface area contributed by atoms with Gasteiger partial charge >= 0.3 is 0 Å². The van der Waals surface area contributed by atoms with E-state index in [-0.39, 0.29) is 0 Å². The van der Waals surface area contributed by atoms with Gasteiger partial charge in [-0.05, 0) is 5.92 Å². The molecule has 0 aromatic carbocycles. The lowest BCUT2D eigenvalue weighted by Gasteiger charge is -2.19. The van der Waals surface area contributed by atoms with Gasteiger partial charge in [0.05, 0.1) is 13.2 Å². The molecular formula is C8H18N2O. The molecule has 0 bridgehead atoms. The highest BCUT2D eigenvalue weighted by atomic mass is 16.5. The van der Waals surface area contributed by atoms with Crippen LogP contribution in [0.1, 0.15) is 6.92 Å². The molecule has 0 aromatic heterocycles. The summed E-state index contributed by atoms with van der Waals surface area (Å²) in [5.41, 5.74) is 5.47. The van der Waals surface area contributed by atoms with Crippen molar-refractivity contribution in [1.29, 1.82) is 0 Å². The SMILES string of the molecule is CC1COCCN(CCN)C1. The van der Waals surface area contributed by atoms with Crippen LogP contribution in [0.25, 0.3) is 0 Å². The zero-order chi connectivity index (χ0) is 8.10. The molecule has 0 radical (unpaired) electrons. The van der Waals surface area contributed by atoms with Gasteiger partial charge in [-0.25, -0.2) is 0 Å². The van der Waals surface area contributed by atoms with E-state index in [9.17, 15) is 0 Å². The van der Waals surface area contributed by atoms with Gasteiger partial charge in [-0.3, -0.25) is 4.90 Å². The summed E-state index contributed by atoms with van der Waals surface area (Å²) < 4.78 is 5.40. The molecular weight excluding hydrogens is 140 g/mol. The van der Waals surface area contributed by atoms with Crippen LogP contribution >= 0.6 is 0 Å². The van der Waals surface area contributed by atoms with E-state index < -0.39 is 0 Å². The summed E-state index contributed by atoms with van der Waals surface area (Å²) in [5, 5.41) is 0. The summed E-state index contributed by atoms with van der Waals surface area (Å²) in [5.74, 6) is 0.657. The molecule has 1 atom stereocenters. The van der Waals surface area contributed by atoms with Crippen LogP contribution in [0, 0.1) is 5.92 Å². The van der Waals surface area contributed by atoms with E-state index in [0.717, 1.165) is 39.4 Å². The number of nitrogens with two attached hydrogens (primary N) is 1. The molecule has 0 aliphatic carbocycles. The van der Waals surface area contributed by atoms with Gasteiger partial charge in [0.1, 0.15) is 0 Å². The second-order valence-corrected chi connectivity index (χ2v) is 3.27. The van der Waals surface area contributed by atoms with Crippen molar-refractivity contribution in [3.8, 4) is 0 Å². The standard InChI is InChI=1S/C8H18N2O/c1-8-6-10(3-2-9)4-5-11-7-8/h8H,2-7,9H2,1H3. The fourth-order valence-electron chi connectivity index (χ4n) is 1.45. The first-order valence-electron chi connectivity index (χ1n) is 4.33. The van der Waals surface area contributed by atoms with Crippen molar-refractivity contribution < 1.29 is 4.74 Å². The number of nitrogens with zero attached hydrogens (tertiary/aromatic N) is 1. The molecule has 0 amide bonds. The van der Waals surface area contributed by atoms with E-state index >= 15 is 0 Å². The number of rotatable bonds is 2. The smallest absolute Gasteiger partial charge is 0.0593 e. The Morgan fingerprint density at radius 2 is 2.45 bits per heavy atom. The van der Waals surface area contributed by atoms with Crippen LogP contribution in [-0.2, 0) is 4.74 Å². The summed E-state index contributed by atoms with van der Waals surface area (Å²) >= 11 is 0. The Balaban J connectivity index is 2.27. The van der Waals surface area contributed by atoms with Crippen molar-refractivity contribution in [1.82, 2.24) is 4.90 Å². The van der Waals surface area contributed by atoms with Crippen molar-refractivity contribution >= 4 is 0 Å². The van der Waals surface area contributed by atoms with E-state index in [1.807, 2.05) is 0 Å². The van der Waals surface area contributed by atoms with Crippen molar-refractivity contribution in [2.24, 2.45) is 11.7 Å². The number of hydrogen-bond acceptors (Lipinski definition) is 3. The van der Waals surface area contributed by atoms with E-state index in [0.29, 0.717) is 5.92 Å². The highest BCUT2D eigenvalue weighted by Crippen LogP contribution is 2.04. The van der Waals surface area contributed by atoms with Crippen LogP contribution in [0.3, 0.4) is 0 Å². The maximum Gasteiger partial charge on any atom is 0.0593 e. The van der Waals surface area contributed by atoms with Crippen molar-refractivity contribution in [2.75, 3.05) is 39.4 Å². The third-order valence-corrected chi connectivity index (χ3v) is 1.97. The molecule has 0 saturated carbocycles. The lowest BCUT2D eigenvalue weighted by molar-refractivity contribution is 0.126. The fraction of sp³-hybridized carbons (Fsp3) is 1.00. The molecule has 0 spiro atoms. The maximum absolute atomic E-state index is 5.47. The number of hydrogen-bond donors (Lipinski definition) is 1. The quantitative estimate of drug-likeness (QED) is 0.610. The summed E-state index contributed by atoms with van der Waals surface area (Å²) in [4.78, 5) is 2.37. The first kappa shape index (κ1) is 8.97. The largest absolute Gasteiger partial charge is 0.380 e. The zero-order valence-corrected chi connectivity index (χ0v) is 7.25. The topological polar surface area (TPSA) is 38.5 Å². The third kappa shape index (κ3) is 3.18. The first-order chi connectivity index (χ1) is 5.33. The highest BCUT2D eigenvalue weighted by molar-refractivity contribution is 4.65. The van der Waals surface area contributed by atoms with Crippen LogP contribution in [0.2, 0.25) is 0 Å². The molecule has 66 valence electrons. The van der Waals surface area contributed by atoms with Gasteiger partial charge in [-0.15, -0.1) is 0 Å². The normalized spacial score (nSPS) is 28.4. The van der Waals surface area contributed by atoms with Gasteiger partial charge in [0.15, 0.2) is 0 Å². The molecule has 2 N–H and O–H groups in total. The van der Waals surface area contributed by atoms with Gasteiger partial charge in [-0.1, -0.05) is 6.92 Å². The summed E-state index contributed by atoms with van der Waals surface area (Å²) in [6.45, 7) is 7.93. The minimum Gasteiger partial charge on any atom is -0.380 e. The average molecular weight is 158 g/mol. The van der Waals surface area contributed by atoms with E-state index in [2.05, 4.69) is 11.8 Å². The Morgan fingerprint density at radius 3 is 3.18 bits per heavy atom. The van der Waals surface area contributed by atoms with Crippen LogP contribution in [0.4, 0.5) is 0 Å². The van der Waals surface area contributed by atoms with Crippen LogP contribution < -0.4 is 5.73 Å². The van der Waals surface area contributed by atoms with Gasteiger partial charge < -0.3 is 10.5 Å². The van der Waals surface area contributed by atoms with E-state index in [1.165, 1.54) is 0 Å². The van der Waals surface area contributed by atoms with Crippen molar-refractivity contribution in [3.05, 3.63) is 0 Å². The van der Waals surface area contributed by atoms with Gasteiger partial charge in [0, 0.05) is 26.2 Å². The van der Waals surface area contributed by atoms with E-state index in [1.54, 1.807) is 0 Å². The molecule has 1 unspecified atom stereocenters. The minimum atomic E-state index is 0.657. The molecule has 3 nitrogen and oxygen atoms in total. The zero-order valence-electron chi connectivity index (χ0n) is 7.25. The second-order valence-electron chi connectivity index (χ2n) is 3.27. The summed E-state index contributed by atoms with van der Waals surface area (Å²) in [6.07, 6.45) is 0. The molecule has 1 aliphatic rings. The molecule has 0 aromatic rings. The van der Waals surface area contributed by atoms with Crippen LogP contribution in [0.15, 0.2) is 0 Å². The fourth-order valence-corrected chi connectivity index (χ4v) is 1.45. The highest BCUT2D eigenvalue weighted by Gasteiger charge is 2.13. The molecule has 1 rings (SSSR count). The molecule has 11 heavy (non-hydrogen) atoms. The third-order valence-electron chi connectivity index (χ3n) is 1.97. The maximum atomic E-state index is 5.47.